The number of aryl methyl sites for hydroxylation is 1. The molecule has 2 aromatic carbocycles. The first-order valence-electron chi connectivity index (χ1n) is 8.81. The van der Waals surface area contributed by atoms with Crippen molar-refractivity contribution in [3.05, 3.63) is 65.2 Å². The molecule has 5 nitrogen and oxygen atoms in total. The lowest BCUT2D eigenvalue weighted by molar-refractivity contribution is -0.130. The van der Waals surface area contributed by atoms with Crippen LogP contribution in [-0.4, -0.2) is 42.1 Å². The molecular weight excluding hydrogens is 330 g/mol. The molecule has 0 aliphatic carbocycles. The van der Waals surface area contributed by atoms with E-state index in [4.69, 9.17) is 9.84 Å². The monoisotopic (exact) mass is 353 g/mol. The number of carboxylic acids is 1. The summed E-state index contributed by atoms with van der Waals surface area (Å²) in [6.45, 7) is 1.48. The summed E-state index contributed by atoms with van der Waals surface area (Å²) < 4.78 is 5.44. The minimum Gasteiger partial charge on any atom is -0.496 e. The molecule has 0 saturated carbocycles. The molecule has 5 heteroatoms. The number of amides is 1. The van der Waals surface area contributed by atoms with Gasteiger partial charge in [-0.2, -0.15) is 0 Å². The maximum absolute atomic E-state index is 12.5. The Morgan fingerprint density at radius 1 is 1.15 bits per heavy atom. The van der Waals surface area contributed by atoms with Gasteiger partial charge in [-0.15, -0.1) is 0 Å². The third kappa shape index (κ3) is 4.04. The molecular formula is C21H23NO4. The van der Waals surface area contributed by atoms with Crippen molar-refractivity contribution in [1.82, 2.24) is 4.90 Å². The van der Waals surface area contributed by atoms with Crippen LogP contribution in [0, 0.1) is 0 Å². The maximum Gasteiger partial charge on any atom is 0.335 e. The van der Waals surface area contributed by atoms with Gasteiger partial charge in [0.1, 0.15) is 5.75 Å². The fraction of sp³-hybridized carbons (Fsp3) is 0.333. The fourth-order valence-electron chi connectivity index (χ4n) is 3.47. The van der Waals surface area contributed by atoms with Crippen molar-refractivity contribution in [2.24, 2.45) is 0 Å². The molecule has 1 aliphatic rings. The average molecular weight is 353 g/mol. The van der Waals surface area contributed by atoms with Gasteiger partial charge in [0.05, 0.1) is 12.7 Å². The number of methoxy groups -OCH3 is 1. The van der Waals surface area contributed by atoms with Crippen molar-refractivity contribution in [2.75, 3.05) is 20.2 Å². The number of nitrogens with zero attached hydrogens (tertiary/aromatic N) is 1. The summed E-state index contributed by atoms with van der Waals surface area (Å²) in [5.74, 6) is 0.395. The molecule has 0 aromatic heterocycles. The zero-order chi connectivity index (χ0) is 18.5. The van der Waals surface area contributed by atoms with Gasteiger partial charge in [0, 0.05) is 25.4 Å². The molecule has 1 atom stereocenters. The highest BCUT2D eigenvalue weighted by molar-refractivity contribution is 5.87. The van der Waals surface area contributed by atoms with E-state index in [0.717, 1.165) is 36.4 Å². The summed E-state index contributed by atoms with van der Waals surface area (Å²) >= 11 is 0. The summed E-state index contributed by atoms with van der Waals surface area (Å²) in [5, 5.41) is 8.92. The number of hydrogen-bond donors (Lipinski definition) is 1. The third-order valence-corrected chi connectivity index (χ3v) is 4.95. The Kier molecular flexibility index (Phi) is 5.56. The summed E-state index contributed by atoms with van der Waals surface area (Å²) in [6.07, 6.45) is 2.00. The smallest absolute Gasteiger partial charge is 0.335 e. The van der Waals surface area contributed by atoms with E-state index in [1.807, 2.05) is 23.1 Å². The number of likely N-dealkylation sites (tertiary alicyclic amines) is 1. The first-order chi connectivity index (χ1) is 12.6. The van der Waals surface area contributed by atoms with Crippen LogP contribution in [0.5, 0.6) is 5.75 Å². The van der Waals surface area contributed by atoms with Crippen LogP contribution in [0.25, 0.3) is 0 Å². The van der Waals surface area contributed by atoms with Crippen molar-refractivity contribution < 1.29 is 19.4 Å². The number of benzene rings is 2. The molecule has 3 rings (SSSR count). The Hall–Kier alpha value is -2.82. The number of aromatic carboxylic acids is 1. The van der Waals surface area contributed by atoms with Crippen LogP contribution in [0.15, 0.2) is 48.5 Å². The van der Waals surface area contributed by atoms with Gasteiger partial charge >= 0.3 is 5.97 Å². The number of hydrogen-bond acceptors (Lipinski definition) is 3. The molecule has 0 radical (unpaired) electrons. The summed E-state index contributed by atoms with van der Waals surface area (Å²) in [7, 11) is 1.67. The topological polar surface area (TPSA) is 66.8 Å². The molecule has 2 aromatic rings. The highest BCUT2D eigenvalue weighted by Gasteiger charge is 2.28. The molecule has 1 N–H and O–H groups in total. The van der Waals surface area contributed by atoms with Crippen LogP contribution >= 0.6 is 0 Å². The molecule has 26 heavy (non-hydrogen) atoms. The molecule has 1 heterocycles. The van der Waals surface area contributed by atoms with Gasteiger partial charge in [0.25, 0.3) is 0 Å². The molecule has 1 fully saturated rings. The molecule has 0 bridgehead atoms. The second kappa shape index (κ2) is 8.04. The highest BCUT2D eigenvalue weighted by Crippen LogP contribution is 2.33. The number of rotatable bonds is 6. The predicted molar refractivity (Wildman–Crippen MR) is 98.7 cm³/mol. The lowest BCUT2D eigenvalue weighted by Crippen LogP contribution is -2.28. The SMILES string of the molecule is COc1ccccc1[C@H]1CCN(C(=O)CCc2ccc(C(=O)O)cc2)C1. The van der Waals surface area contributed by atoms with E-state index in [9.17, 15) is 9.59 Å². The van der Waals surface area contributed by atoms with E-state index in [2.05, 4.69) is 6.07 Å². The van der Waals surface area contributed by atoms with Gasteiger partial charge in [0.2, 0.25) is 5.91 Å². The highest BCUT2D eigenvalue weighted by atomic mass is 16.5. The van der Waals surface area contributed by atoms with E-state index in [0.29, 0.717) is 18.8 Å². The van der Waals surface area contributed by atoms with Gasteiger partial charge in [0.15, 0.2) is 0 Å². The molecule has 1 saturated heterocycles. The molecule has 0 unspecified atom stereocenters. The molecule has 1 amide bonds. The van der Waals surface area contributed by atoms with E-state index in [1.165, 1.54) is 0 Å². The first kappa shape index (κ1) is 18.0. The van der Waals surface area contributed by atoms with Crippen molar-refractivity contribution in [3.63, 3.8) is 0 Å². The molecule has 0 spiro atoms. The Morgan fingerprint density at radius 2 is 1.88 bits per heavy atom. The van der Waals surface area contributed by atoms with Crippen LogP contribution in [0.1, 0.15) is 40.2 Å². The molecule has 136 valence electrons. The number of carboxylic acid groups (broad SMARTS) is 1. The van der Waals surface area contributed by atoms with Crippen molar-refractivity contribution in [3.8, 4) is 5.75 Å². The second-order valence-electron chi connectivity index (χ2n) is 6.57. The van der Waals surface area contributed by atoms with Crippen LogP contribution < -0.4 is 4.74 Å². The summed E-state index contributed by atoms with van der Waals surface area (Å²) in [4.78, 5) is 25.3. The van der Waals surface area contributed by atoms with Crippen molar-refractivity contribution in [1.29, 1.82) is 0 Å². The van der Waals surface area contributed by atoms with Gasteiger partial charge in [-0.25, -0.2) is 4.79 Å². The Bertz CT molecular complexity index is 785. The van der Waals surface area contributed by atoms with Gasteiger partial charge in [-0.3, -0.25) is 4.79 Å². The van der Waals surface area contributed by atoms with Gasteiger partial charge in [-0.05, 0) is 42.2 Å². The fourth-order valence-corrected chi connectivity index (χ4v) is 3.47. The zero-order valence-corrected chi connectivity index (χ0v) is 14.9. The maximum atomic E-state index is 12.5. The van der Waals surface area contributed by atoms with Gasteiger partial charge < -0.3 is 14.7 Å². The summed E-state index contributed by atoms with van der Waals surface area (Å²) in [6, 6.07) is 14.7. The largest absolute Gasteiger partial charge is 0.496 e. The quantitative estimate of drug-likeness (QED) is 0.865. The van der Waals surface area contributed by atoms with E-state index < -0.39 is 5.97 Å². The number of ether oxygens (including phenoxy) is 1. The Labute approximate surface area is 153 Å². The normalized spacial score (nSPS) is 16.5. The zero-order valence-electron chi connectivity index (χ0n) is 14.9. The van der Waals surface area contributed by atoms with E-state index in [-0.39, 0.29) is 11.5 Å². The van der Waals surface area contributed by atoms with Crippen LogP contribution in [0.3, 0.4) is 0 Å². The standard InChI is InChI=1S/C21H23NO4/c1-26-19-5-3-2-4-18(19)17-12-13-22(14-17)20(23)11-8-15-6-9-16(10-7-15)21(24)25/h2-7,9-10,17H,8,11-14H2,1H3,(H,24,25)/t17-/m0/s1. The minimum atomic E-state index is -0.938. The minimum absolute atomic E-state index is 0.143. The lowest BCUT2D eigenvalue weighted by Gasteiger charge is -2.18. The Morgan fingerprint density at radius 3 is 2.58 bits per heavy atom. The van der Waals surface area contributed by atoms with Crippen LogP contribution in [0.2, 0.25) is 0 Å². The molecule has 1 aliphatic heterocycles. The third-order valence-electron chi connectivity index (χ3n) is 4.95. The van der Waals surface area contributed by atoms with Gasteiger partial charge in [-0.1, -0.05) is 30.3 Å². The second-order valence-corrected chi connectivity index (χ2v) is 6.57. The van der Waals surface area contributed by atoms with E-state index in [1.54, 1.807) is 31.4 Å². The van der Waals surface area contributed by atoms with Crippen LogP contribution in [0.4, 0.5) is 0 Å². The number of carbonyl (C=O) groups excluding carboxylic acids is 1. The van der Waals surface area contributed by atoms with Crippen LogP contribution in [-0.2, 0) is 11.2 Å². The van der Waals surface area contributed by atoms with Crippen molar-refractivity contribution >= 4 is 11.9 Å². The predicted octanol–water partition coefficient (Wildman–Crippen LogP) is 3.34. The first-order valence-corrected chi connectivity index (χ1v) is 8.81. The number of para-hydroxylation sites is 1. The lowest BCUT2D eigenvalue weighted by atomic mass is 9.97. The Balaban J connectivity index is 1.55. The van der Waals surface area contributed by atoms with E-state index >= 15 is 0 Å². The number of carbonyl (C=O) groups is 2. The average Bonchev–Trinajstić information content (AvgIpc) is 3.16. The summed E-state index contributed by atoms with van der Waals surface area (Å²) in [5.41, 5.74) is 2.40. The van der Waals surface area contributed by atoms with Crippen molar-refractivity contribution in [2.45, 2.75) is 25.2 Å².